The molecule has 0 saturated carbocycles. The lowest BCUT2D eigenvalue weighted by atomic mass is 10.0. The smallest absolute Gasteiger partial charge is 0.306 e. The third-order valence-electron chi connectivity index (χ3n) is 11.1. The van der Waals surface area contributed by atoms with Crippen molar-refractivity contribution in [3.8, 4) is 0 Å². The SMILES string of the molecule is CCCCCCCCCCCCCCCCCCCC(=O)O[C@H](COC(=O)CCCCCCCCC)COC(=O)CCCCCCCCCCCCCCC. The molecule has 0 aliphatic rings. The van der Waals surface area contributed by atoms with E-state index in [2.05, 4.69) is 20.8 Å². The highest BCUT2D eigenvalue weighted by atomic mass is 16.6. The zero-order valence-electron chi connectivity index (χ0n) is 37.2. The Kier molecular flexibility index (Phi) is 43.8. The van der Waals surface area contributed by atoms with Crippen molar-refractivity contribution in [3.63, 3.8) is 0 Å². The van der Waals surface area contributed by atoms with Crippen molar-refractivity contribution in [2.45, 2.75) is 284 Å². The van der Waals surface area contributed by atoms with Crippen molar-refractivity contribution in [1.82, 2.24) is 0 Å². The molecule has 326 valence electrons. The van der Waals surface area contributed by atoms with Crippen molar-refractivity contribution in [3.05, 3.63) is 0 Å². The van der Waals surface area contributed by atoms with Gasteiger partial charge in [-0.2, -0.15) is 0 Å². The van der Waals surface area contributed by atoms with Crippen LogP contribution in [-0.2, 0) is 28.6 Å². The van der Waals surface area contributed by atoms with Crippen LogP contribution >= 0.6 is 0 Å². The highest BCUT2D eigenvalue weighted by molar-refractivity contribution is 5.71. The van der Waals surface area contributed by atoms with Gasteiger partial charge in [-0.15, -0.1) is 0 Å². The second-order valence-electron chi connectivity index (χ2n) is 16.7. The zero-order valence-corrected chi connectivity index (χ0v) is 37.2. The normalized spacial score (nSPS) is 11.8. The first-order valence-corrected chi connectivity index (χ1v) is 24.5. The predicted molar refractivity (Wildman–Crippen MR) is 233 cm³/mol. The number of unbranched alkanes of at least 4 members (excludes halogenated alkanes) is 34. The third-order valence-corrected chi connectivity index (χ3v) is 11.1. The van der Waals surface area contributed by atoms with Crippen molar-refractivity contribution >= 4 is 17.9 Å². The number of esters is 3. The molecule has 0 unspecified atom stereocenters. The summed E-state index contributed by atoms with van der Waals surface area (Å²) >= 11 is 0. The average molecular weight is 779 g/mol. The first-order valence-electron chi connectivity index (χ1n) is 24.5. The molecule has 0 spiro atoms. The Bertz CT molecular complexity index is 813. The van der Waals surface area contributed by atoms with Crippen molar-refractivity contribution in [1.29, 1.82) is 0 Å². The summed E-state index contributed by atoms with van der Waals surface area (Å²) in [4.78, 5) is 37.7. The fourth-order valence-corrected chi connectivity index (χ4v) is 7.38. The molecule has 0 aromatic heterocycles. The van der Waals surface area contributed by atoms with Crippen LogP contribution in [-0.4, -0.2) is 37.2 Å². The Hall–Kier alpha value is -1.59. The number of rotatable bonds is 45. The molecule has 1 atom stereocenters. The lowest BCUT2D eigenvalue weighted by Crippen LogP contribution is -2.30. The Labute approximate surface area is 342 Å². The Morgan fingerprint density at radius 1 is 0.291 bits per heavy atom. The van der Waals surface area contributed by atoms with Gasteiger partial charge in [0, 0.05) is 19.3 Å². The molecule has 0 fully saturated rings. The van der Waals surface area contributed by atoms with Gasteiger partial charge in [-0.25, -0.2) is 0 Å². The number of carbonyl (C=O) groups excluding carboxylic acids is 3. The van der Waals surface area contributed by atoms with E-state index in [4.69, 9.17) is 14.2 Å². The molecular formula is C49H94O6. The third kappa shape index (κ3) is 43.4. The van der Waals surface area contributed by atoms with E-state index in [9.17, 15) is 14.4 Å². The quantitative estimate of drug-likeness (QED) is 0.0348. The summed E-state index contributed by atoms with van der Waals surface area (Å²) in [5.41, 5.74) is 0. The molecule has 0 saturated heterocycles. The maximum absolute atomic E-state index is 12.7. The lowest BCUT2D eigenvalue weighted by molar-refractivity contribution is -0.167. The van der Waals surface area contributed by atoms with Crippen LogP contribution in [0.25, 0.3) is 0 Å². The molecule has 0 N–H and O–H groups in total. The van der Waals surface area contributed by atoms with Crippen LogP contribution in [0.3, 0.4) is 0 Å². The van der Waals surface area contributed by atoms with Crippen LogP contribution in [0.2, 0.25) is 0 Å². The Balaban J connectivity index is 4.21. The maximum atomic E-state index is 12.7. The molecule has 0 bridgehead atoms. The largest absolute Gasteiger partial charge is 0.462 e. The average Bonchev–Trinajstić information content (AvgIpc) is 3.18. The van der Waals surface area contributed by atoms with Gasteiger partial charge in [0.25, 0.3) is 0 Å². The van der Waals surface area contributed by atoms with E-state index in [1.165, 1.54) is 180 Å². The van der Waals surface area contributed by atoms with Gasteiger partial charge in [-0.05, 0) is 19.3 Å². The van der Waals surface area contributed by atoms with Crippen LogP contribution in [0.5, 0.6) is 0 Å². The van der Waals surface area contributed by atoms with Crippen molar-refractivity contribution in [2.24, 2.45) is 0 Å². The van der Waals surface area contributed by atoms with E-state index in [0.717, 1.165) is 57.8 Å². The van der Waals surface area contributed by atoms with Crippen molar-refractivity contribution < 1.29 is 28.6 Å². The van der Waals surface area contributed by atoms with Crippen LogP contribution in [0.15, 0.2) is 0 Å². The molecule has 0 aromatic rings. The van der Waals surface area contributed by atoms with E-state index in [-0.39, 0.29) is 31.1 Å². The van der Waals surface area contributed by atoms with E-state index < -0.39 is 6.10 Å². The number of hydrogen-bond acceptors (Lipinski definition) is 6. The first-order chi connectivity index (χ1) is 27.0. The minimum Gasteiger partial charge on any atom is -0.462 e. The first kappa shape index (κ1) is 53.4. The molecule has 0 aliphatic heterocycles. The molecule has 55 heavy (non-hydrogen) atoms. The summed E-state index contributed by atoms with van der Waals surface area (Å²) < 4.78 is 16.7. The fraction of sp³-hybridized carbons (Fsp3) is 0.939. The summed E-state index contributed by atoms with van der Waals surface area (Å²) in [7, 11) is 0. The van der Waals surface area contributed by atoms with Gasteiger partial charge in [0.1, 0.15) is 13.2 Å². The minimum absolute atomic E-state index is 0.0627. The van der Waals surface area contributed by atoms with Gasteiger partial charge < -0.3 is 14.2 Å². The highest BCUT2D eigenvalue weighted by Crippen LogP contribution is 2.16. The number of carbonyl (C=O) groups is 3. The van der Waals surface area contributed by atoms with E-state index >= 15 is 0 Å². The molecule has 0 aliphatic carbocycles. The van der Waals surface area contributed by atoms with E-state index in [1.807, 2.05) is 0 Å². The topological polar surface area (TPSA) is 78.9 Å². The predicted octanol–water partition coefficient (Wildman–Crippen LogP) is 15.6. The lowest BCUT2D eigenvalue weighted by Gasteiger charge is -2.18. The van der Waals surface area contributed by atoms with Gasteiger partial charge in [0.05, 0.1) is 0 Å². The molecule has 0 aromatic carbocycles. The number of ether oxygens (including phenoxy) is 3. The van der Waals surface area contributed by atoms with E-state index in [0.29, 0.717) is 19.3 Å². The molecule has 0 radical (unpaired) electrons. The van der Waals surface area contributed by atoms with Crippen LogP contribution < -0.4 is 0 Å². The van der Waals surface area contributed by atoms with E-state index in [1.54, 1.807) is 0 Å². The summed E-state index contributed by atoms with van der Waals surface area (Å²) in [6.45, 7) is 6.63. The van der Waals surface area contributed by atoms with Gasteiger partial charge in [-0.3, -0.25) is 14.4 Å². The van der Waals surface area contributed by atoms with Crippen LogP contribution in [0.1, 0.15) is 278 Å². The van der Waals surface area contributed by atoms with Crippen LogP contribution in [0.4, 0.5) is 0 Å². The summed E-state index contributed by atoms with van der Waals surface area (Å²) in [5, 5.41) is 0. The highest BCUT2D eigenvalue weighted by Gasteiger charge is 2.19. The molecular weight excluding hydrogens is 685 g/mol. The summed E-state index contributed by atoms with van der Waals surface area (Å²) in [6.07, 6.45) is 46.7. The number of hydrogen-bond donors (Lipinski definition) is 0. The van der Waals surface area contributed by atoms with Gasteiger partial charge >= 0.3 is 17.9 Å². The molecule has 0 heterocycles. The molecule has 0 rings (SSSR count). The monoisotopic (exact) mass is 779 g/mol. The van der Waals surface area contributed by atoms with Crippen LogP contribution in [0, 0.1) is 0 Å². The van der Waals surface area contributed by atoms with Gasteiger partial charge in [0.2, 0.25) is 0 Å². The van der Waals surface area contributed by atoms with Crippen molar-refractivity contribution in [2.75, 3.05) is 13.2 Å². The fourth-order valence-electron chi connectivity index (χ4n) is 7.38. The molecule has 0 amide bonds. The molecule has 6 heteroatoms. The minimum atomic E-state index is -0.758. The Morgan fingerprint density at radius 2 is 0.491 bits per heavy atom. The molecule has 6 nitrogen and oxygen atoms in total. The zero-order chi connectivity index (χ0) is 40.1. The standard InChI is InChI=1S/C49H94O6/c1-4-7-10-13-16-18-20-22-23-24-25-27-29-31-34-37-40-43-49(52)55-46(44-53-47(50)41-38-35-32-15-12-9-6-3)45-54-48(51)42-39-36-33-30-28-26-21-19-17-14-11-8-5-2/h46H,4-45H2,1-3H3/t46-/m1/s1. The maximum Gasteiger partial charge on any atom is 0.306 e. The second kappa shape index (κ2) is 45.1. The van der Waals surface area contributed by atoms with Gasteiger partial charge in [0.15, 0.2) is 6.10 Å². The Morgan fingerprint density at radius 3 is 0.727 bits per heavy atom. The summed E-state index contributed by atoms with van der Waals surface area (Å²) in [6, 6.07) is 0. The van der Waals surface area contributed by atoms with Gasteiger partial charge in [-0.1, -0.05) is 239 Å². The second-order valence-corrected chi connectivity index (χ2v) is 16.7. The summed E-state index contributed by atoms with van der Waals surface area (Å²) in [5.74, 6) is -0.852.